The minimum absolute atomic E-state index is 0.687. The molecule has 1 heterocycles. The van der Waals surface area contributed by atoms with Gasteiger partial charge in [-0.25, -0.2) is 0 Å². The van der Waals surface area contributed by atoms with Crippen molar-refractivity contribution in [3.05, 3.63) is 109 Å². The predicted octanol–water partition coefficient (Wildman–Crippen LogP) is 4.99. The maximum Gasteiger partial charge on any atom is 0.175 e. The highest BCUT2D eigenvalue weighted by Gasteiger charge is 2.40. The Morgan fingerprint density at radius 3 is 1.80 bits per heavy atom. The number of hydrogen-bond acceptors (Lipinski definition) is 3. The molecule has 1 aliphatic rings. The number of benzene rings is 4. The molecule has 1 aliphatic heterocycles. The molecule has 0 aromatic heterocycles. The fourth-order valence-corrected chi connectivity index (χ4v) is 7.21. The Hall–Kier alpha value is -3.29. The van der Waals surface area contributed by atoms with E-state index in [2.05, 4.69) is 29.2 Å². The van der Waals surface area contributed by atoms with E-state index in [0.29, 0.717) is 6.54 Å². The third kappa shape index (κ3) is 2.94. The number of anilines is 2. The van der Waals surface area contributed by atoms with Crippen LogP contribution in [0.4, 0.5) is 11.4 Å². The van der Waals surface area contributed by atoms with Crippen molar-refractivity contribution < 1.29 is 9.30 Å². The molecule has 4 aromatic rings. The number of nitrogens with zero attached hydrogens (tertiary/aromatic N) is 1. The van der Waals surface area contributed by atoms with Gasteiger partial charge < -0.3 is 14.2 Å². The van der Waals surface area contributed by atoms with E-state index in [1.807, 2.05) is 78.9 Å². The van der Waals surface area contributed by atoms with Gasteiger partial charge in [-0.15, -0.1) is 0 Å². The van der Waals surface area contributed by atoms with Gasteiger partial charge in [0.1, 0.15) is 5.75 Å². The van der Waals surface area contributed by atoms with Crippen LogP contribution in [0.3, 0.4) is 0 Å². The molecule has 0 spiro atoms. The summed E-state index contributed by atoms with van der Waals surface area (Å²) < 4.78 is 20.0. The molecule has 4 aromatic carbocycles. The molecule has 0 N–H and O–H groups in total. The van der Waals surface area contributed by atoms with Crippen LogP contribution in [0.2, 0.25) is 0 Å². The van der Waals surface area contributed by atoms with Gasteiger partial charge in [-0.05, 0) is 42.0 Å². The van der Waals surface area contributed by atoms with Gasteiger partial charge in [-0.1, -0.05) is 66.7 Å². The second kappa shape index (κ2) is 7.51. The quantitative estimate of drug-likeness (QED) is 0.443. The van der Waals surface area contributed by atoms with Gasteiger partial charge in [0, 0.05) is 22.5 Å². The highest BCUT2D eigenvalue weighted by atomic mass is 31.2. The second-order valence-corrected chi connectivity index (χ2v) is 10.1. The molecule has 3 nitrogen and oxygen atoms in total. The second-order valence-electron chi connectivity index (χ2n) is 7.36. The van der Waals surface area contributed by atoms with E-state index in [4.69, 9.17) is 4.74 Å². The number of para-hydroxylation sites is 2. The lowest BCUT2D eigenvalue weighted by Crippen LogP contribution is -2.38. The zero-order valence-corrected chi connectivity index (χ0v) is 17.6. The average Bonchev–Trinajstić information content (AvgIpc) is 2.83. The summed E-state index contributed by atoms with van der Waals surface area (Å²) in [6, 6.07) is 34.1. The minimum Gasteiger partial charge on any atom is -0.497 e. The minimum atomic E-state index is -2.96. The van der Waals surface area contributed by atoms with Crippen molar-refractivity contribution in [1.29, 1.82) is 0 Å². The molecular formula is C26H22NO2P. The van der Waals surface area contributed by atoms with Crippen LogP contribution in [0.15, 0.2) is 103 Å². The Morgan fingerprint density at radius 2 is 1.23 bits per heavy atom. The zero-order valence-electron chi connectivity index (χ0n) is 16.7. The van der Waals surface area contributed by atoms with Gasteiger partial charge in [0.15, 0.2) is 7.14 Å². The van der Waals surface area contributed by atoms with Crippen LogP contribution in [0.5, 0.6) is 5.75 Å². The van der Waals surface area contributed by atoms with Crippen LogP contribution in [-0.2, 0) is 11.1 Å². The molecule has 30 heavy (non-hydrogen) atoms. The topological polar surface area (TPSA) is 29.5 Å². The van der Waals surface area contributed by atoms with Crippen LogP contribution in [-0.4, -0.2) is 7.11 Å². The zero-order chi connectivity index (χ0) is 20.6. The Labute approximate surface area is 176 Å². The van der Waals surface area contributed by atoms with Crippen molar-refractivity contribution in [1.82, 2.24) is 0 Å². The van der Waals surface area contributed by atoms with Crippen molar-refractivity contribution in [3.8, 4) is 5.75 Å². The van der Waals surface area contributed by atoms with Gasteiger partial charge in [-0.2, -0.15) is 0 Å². The maximum absolute atomic E-state index is 14.7. The van der Waals surface area contributed by atoms with Crippen molar-refractivity contribution in [3.63, 3.8) is 0 Å². The number of ether oxygens (including phenoxy) is 1. The molecule has 148 valence electrons. The summed E-state index contributed by atoms with van der Waals surface area (Å²) in [5.41, 5.74) is 3.16. The molecule has 0 amide bonds. The maximum atomic E-state index is 14.7. The van der Waals surface area contributed by atoms with E-state index in [1.54, 1.807) is 7.11 Å². The molecule has 0 unspecified atom stereocenters. The third-order valence-electron chi connectivity index (χ3n) is 5.64. The third-order valence-corrected chi connectivity index (χ3v) is 8.78. The Balaban J connectivity index is 1.70. The van der Waals surface area contributed by atoms with Gasteiger partial charge >= 0.3 is 0 Å². The van der Waals surface area contributed by atoms with Crippen molar-refractivity contribution >= 4 is 34.4 Å². The van der Waals surface area contributed by atoms with Crippen LogP contribution >= 0.6 is 7.14 Å². The highest BCUT2D eigenvalue weighted by Crippen LogP contribution is 2.52. The van der Waals surface area contributed by atoms with E-state index in [0.717, 1.165) is 38.6 Å². The SMILES string of the molecule is COc1ccc(CN2c3ccccc3P(=O)(c3ccccc3)c3ccccc32)cc1. The molecule has 0 aliphatic carbocycles. The van der Waals surface area contributed by atoms with Crippen LogP contribution in [0.1, 0.15) is 5.56 Å². The fraction of sp³-hybridized carbons (Fsp3) is 0.0769. The van der Waals surface area contributed by atoms with E-state index >= 15 is 0 Å². The van der Waals surface area contributed by atoms with Gasteiger partial charge in [0.25, 0.3) is 0 Å². The van der Waals surface area contributed by atoms with Crippen molar-refractivity contribution in [2.24, 2.45) is 0 Å². The molecular weight excluding hydrogens is 389 g/mol. The molecule has 0 fully saturated rings. The van der Waals surface area contributed by atoms with Gasteiger partial charge in [0.05, 0.1) is 18.5 Å². The first-order valence-corrected chi connectivity index (χ1v) is 11.7. The predicted molar refractivity (Wildman–Crippen MR) is 125 cm³/mol. The Morgan fingerprint density at radius 1 is 0.700 bits per heavy atom. The van der Waals surface area contributed by atoms with Crippen molar-refractivity contribution in [2.45, 2.75) is 6.54 Å². The molecule has 0 bridgehead atoms. The van der Waals surface area contributed by atoms with Crippen LogP contribution in [0.25, 0.3) is 0 Å². The largest absolute Gasteiger partial charge is 0.497 e. The summed E-state index contributed by atoms with van der Waals surface area (Å²) in [7, 11) is -1.29. The molecule has 0 saturated heterocycles. The fourth-order valence-electron chi connectivity index (χ4n) is 4.18. The number of hydrogen-bond donors (Lipinski definition) is 0. The first-order valence-electron chi connectivity index (χ1n) is 9.97. The van der Waals surface area contributed by atoms with E-state index in [-0.39, 0.29) is 0 Å². The lowest BCUT2D eigenvalue weighted by molar-refractivity contribution is 0.414. The molecule has 0 radical (unpaired) electrons. The van der Waals surface area contributed by atoms with Crippen LogP contribution < -0.4 is 25.6 Å². The van der Waals surface area contributed by atoms with Crippen LogP contribution in [0, 0.1) is 0 Å². The summed E-state index contributed by atoms with van der Waals surface area (Å²) in [4.78, 5) is 2.27. The first-order chi connectivity index (χ1) is 14.7. The summed E-state index contributed by atoms with van der Waals surface area (Å²) in [6.45, 7) is 0.687. The summed E-state index contributed by atoms with van der Waals surface area (Å²) in [5, 5.41) is 2.65. The number of fused-ring (bicyclic) bond motifs is 2. The standard InChI is InChI=1S/C26H22NO2P/c1-29-21-17-15-20(16-18-21)19-27-23-11-5-7-13-25(23)30(28,22-9-3-2-4-10-22)26-14-8-6-12-24(26)27/h2-18H,19H2,1H3. The van der Waals surface area contributed by atoms with E-state index in [9.17, 15) is 4.57 Å². The highest BCUT2D eigenvalue weighted by molar-refractivity contribution is 7.86. The van der Waals surface area contributed by atoms with Gasteiger partial charge in [0.2, 0.25) is 0 Å². The van der Waals surface area contributed by atoms with Gasteiger partial charge in [-0.3, -0.25) is 0 Å². The normalized spacial score (nSPS) is 14.0. The van der Waals surface area contributed by atoms with E-state index in [1.165, 1.54) is 0 Å². The monoisotopic (exact) mass is 411 g/mol. The summed E-state index contributed by atoms with van der Waals surface area (Å²) in [6.07, 6.45) is 0. The average molecular weight is 411 g/mol. The number of rotatable bonds is 4. The van der Waals surface area contributed by atoms with Crippen molar-refractivity contribution in [2.75, 3.05) is 12.0 Å². The Kier molecular flexibility index (Phi) is 4.69. The number of methoxy groups -OCH3 is 1. The smallest absolute Gasteiger partial charge is 0.175 e. The van der Waals surface area contributed by atoms with E-state index < -0.39 is 7.14 Å². The molecule has 4 heteroatoms. The lowest BCUT2D eigenvalue weighted by atomic mass is 10.1. The lowest BCUT2D eigenvalue weighted by Gasteiger charge is -2.37. The molecule has 0 atom stereocenters. The summed E-state index contributed by atoms with van der Waals surface area (Å²) >= 11 is 0. The molecule has 5 rings (SSSR count). The summed E-state index contributed by atoms with van der Waals surface area (Å²) in [5.74, 6) is 0.840. The molecule has 0 saturated carbocycles. The Bertz CT molecular complexity index is 1180. The first kappa shape index (κ1) is 18.7.